The lowest BCUT2D eigenvalue weighted by Crippen LogP contribution is -2.47. The van der Waals surface area contributed by atoms with Gasteiger partial charge in [-0.2, -0.15) is 4.98 Å². The molecule has 2 aliphatic rings. The number of nitrogens with one attached hydrogen (secondary N) is 1. The molecule has 2 heterocycles. The van der Waals surface area contributed by atoms with Crippen molar-refractivity contribution in [3.8, 4) is 0 Å². The number of hydrogen-bond acceptors (Lipinski definition) is 6. The molecule has 1 aromatic heterocycles. The number of piperidine rings is 1. The highest BCUT2D eigenvalue weighted by atomic mass is 16.5. The number of carbonyl (C=O) groups is 1. The normalized spacial score (nSPS) is 23.0. The summed E-state index contributed by atoms with van der Waals surface area (Å²) >= 11 is 0. The molecule has 7 heteroatoms. The molecule has 0 bridgehead atoms. The molecule has 1 aromatic rings. The minimum Gasteiger partial charge on any atom is -0.450 e. The second kappa shape index (κ2) is 6.43. The van der Waals surface area contributed by atoms with Crippen LogP contribution < -0.4 is 5.32 Å². The van der Waals surface area contributed by atoms with Crippen molar-refractivity contribution in [3.05, 3.63) is 11.7 Å². The van der Waals surface area contributed by atoms with Gasteiger partial charge >= 0.3 is 6.09 Å². The van der Waals surface area contributed by atoms with E-state index in [1.165, 1.54) is 12.8 Å². The zero-order valence-corrected chi connectivity index (χ0v) is 12.4. The summed E-state index contributed by atoms with van der Waals surface area (Å²) < 4.78 is 10.2. The van der Waals surface area contributed by atoms with Gasteiger partial charge in [0, 0.05) is 18.5 Å². The highest BCUT2D eigenvalue weighted by molar-refractivity contribution is 5.67. The maximum atomic E-state index is 11.5. The van der Waals surface area contributed by atoms with Crippen molar-refractivity contribution in [2.75, 3.05) is 19.7 Å². The average molecular weight is 294 g/mol. The molecule has 1 aliphatic carbocycles. The fraction of sp³-hybridized carbons (Fsp3) is 0.786. The second-order valence-corrected chi connectivity index (χ2v) is 5.76. The van der Waals surface area contributed by atoms with Crippen molar-refractivity contribution in [3.63, 3.8) is 0 Å². The van der Waals surface area contributed by atoms with E-state index < -0.39 is 0 Å². The first kappa shape index (κ1) is 14.3. The molecule has 0 spiro atoms. The maximum absolute atomic E-state index is 11.5. The Morgan fingerprint density at radius 3 is 3.10 bits per heavy atom. The van der Waals surface area contributed by atoms with Gasteiger partial charge in [0.2, 0.25) is 5.89 Å². The van der Waals surface area contributed by atoms with Crippen LogP contribution in [0.1, 0.15) is 50.2 Å². The van der Waals surface area contributed by atoms with Crippen LogP contribution in [0.25, 0.3) is 0 Å². The molecule has 1 saturated carbocycles. The predicted octanol–water partition coefficient (Wildman–Crippen LogP) is 1.66. The SMILES string of the molecule is CCOC(=O)N[C@@H]1CCCN(Cc2nc(C3CC3)no2)C1. The highest BCUT2D eigenvalue weighted by Gasteiger charge is 2.29. The first-order chi connectivity index (χ1) is 10.2. The number of nitrogens with zero attached hydrogens (tertiary/aromatic N) is 3. The number of amides is 1. The Balaban J connectivity index is 1.49. The summed E-state index contributed by atoms with van der Waals surface area (Å²) in [6, 6.07) is 0.128. The molecule has 1 atom stereocenters. The van der Waals surface area contributed by atoms with Gasteiger partial charge in [0.1, 0.15) is 0 Å². The third-order valence-corrected chi connectivity index (χ3v) is 3.89. The number of hydrogen-bond donors (Lipinski definition) is 1. The van der Waals surface area contributed by atoms with Crippen LogP contribution >= 0.6 is 0 Å². The topological polar surface area (TPSA) is 80.5 Å². The molecular formula is C14H22N4O3. The summed E-state index contributed by atoms with van der Waals surface area (Å²) in [6.07, 6.45) is 4.04. The number of ether oxygens (including phenoxy) is 1. The van der Waals surface area contributed by atoms with E-state index in [0.717, 1.165) is 31.8 Å². The summed E-state index contributed by atoms with van der Waals surface area (Å²) in [5, 5.41) is 6.93. The second-order valence-electron chi connectivity index (χ2n) is 5.76. The molecule has 1 saturated heterocycles. The molecular weight excluding hydrogens is 272 g/mol. The summed E-state index contributed by atoms with van der Waals surface area (Å²) in [4.78, 5) is 18.2. The van der Waals surface area contributed by atoms with Crippen LogP contribution in [0.5, 0.6) is 0 Å². The van der Waals surface area contributed by atoms with E-state index in [9.17, 15) is 4.79 Å². The van der Waals surface area contributed by atoms with Crippen molar-refractivity contribution >= 4 is 6.09 Å². The molecule has 0 aromatic carbocycles. The molecule has 3 rings (SSSR count). The number of alkyl carbamates (subject to hydrolysis) is 1. The number of likely N-dealkylation sites (tertiary alicyclic amines) is 1. The van der Waals surface area contributed by atoms with Crippen molar-refractivity contribution in [1.82, 2.24) is 20.4 Å². The van der Waals surface area contributed by atoms with Gasteiger partial charge in [-0.05, 0) is 39.2 Å². The third-order valence-electron chi connectivity index (χ3n) is 3.89. The van der Waals surface area contributed by atoms with Crippen molar-refractivity contribution in [2.24, 2.45) is 0 Å². The van der Waals surface area contributed by atoms with Crippen LogP contribution in [0.2, 0.25) is 0 Å². The fourth-order valence-electron chi connectivity index (χ4n) is 2.69. The van der Waals surface area contributed by atoms with Crippen molar-refractivity contribution < 1.29 is 14.1 Å². The van der Waals surface area contributed by atoms with Crippen LogP contribution in [0, 0.1) is 0 Å². The van der Waals surface area contributed by atoms with Gasteiger partial charge in [0.15, 0.2) is 5.82 Å². The van der Waals surface area contributed by atoms with Crippen LogP contribution in [-0.4, -0.2) is 46.9 Å². The smallest absolute Gasteiger partial charge is 0.407 e. The molecule has 2 fully saturated rings. The number of aromatic nitrogens is 2. The Kier molecular flexibility index (Phi) is 4.38. The summed E-state index contributed by atoms with van der Waals surface area (Å²) in [5.74, 6) is 2.04. The van der Waals surface area contributed by atoms with E-state index in [2.05, 4.69) is 20.4 Å². The monoisotopic (exact) mass is 294 g/mol. The lowest BCUT2D eigenvalue weighted by Gasteiger charge is -2.31. The van der Waals surface area contributed by atoms with Crippen LogP contribution in [0.4, 0.5) is 4.79 Å². The Labute approximate surface area is 124 Å². The Morgan fingerprint density at radius 2 is 2.33 bits per heavy atom. The van der Waals surface area contributed by atoms with E-state index in [1.807, 2.05) is 0 Å². The summed E-state index contributed by atoms with van der Waals surface area (Å²) in [7, 11) is 0. The molecule has 1 aliphatic heterocycles. The Morgan fingerprint density at radius 1 is 1.48 bits per heavy atom. The van der Waals surface area contributed by atoms with Crippen molar-refractivity contribution in [2.45, 2.75) is 51.1 Å². The van der Waals surface area contributed by atoms with Gasteiger partial charge < -0.3 is 14.6 Å². The van der Waals surface area contributed by atoms with Gasteiger partial charge in [-0.15, -0.1) is 0 Å². The third kappa shape index (κ3) is 3.93. The minimum absolute atomic E-state index is 0.128. The van der Waals surface area contributed by atoms with E-state index in [1.54, 1.807) is 6.92 Å². The molecule has 1 amide bonds. The highest BCUT2D eigenvalue weighted by Crippen LogP contribution is 2.38. The molecule has 116 valence electrons. The maximum Gasteiger partial charge on any atom is 0.407 e. The molecule has 21 heavy (non-hydrogen) atoms. The van der Waals surface area contributed by atoms with E-state index in [4.69, 9.17) is 9.26 Å². The van der Waals surface area contributed by atoms with E-state index in [-0.39, 0.29) is 12.1 Å². The van der Waals surface area contributed by atoms with E-state index >= 15 is 0 Å². The van der Waals surface area contributed by atoms with Crippen LogP contribution in [-0.2, 0) is 11.3 Å². The first-order valence-electron chi connectivity index (χ1n) is 7.72. The fourth-order valence-corrected chi connectivity index (χ4v) is 2.69. The van der Waals surface area contributed by atoms with Gasteiger partial charge in [0.05, 0.1) is 13.2 Å². The Hall–Kier alpha value is -1.63. The predicted molar refractivity (Wildman–Crippen MR) is 74.7 cm³/mol. The van der Waals surface area contributed by atoms with Crippen LogP contribution in [0.3, 0.4) is 0 Å². The zero-order chi connectivity index (χ0) is 14.7. The quantitative estimate of drug-likeness (QED) is 0.889. The number of carbonyl (C=O) groups excluding carboxylic acids is 1. The summed E-state index contributed by atoms with van der Waals surface area (Å²) in [6.45, 7) is 4.64. The number of rotatable bonds is 5. The van der Waals surface area contributed by atoms with Gasteiger partial charge in [-0.1, -0.05) is 5.16 Å². The molecule has 7 nitrogen and oxygen atoms in total. The van der Waals surface area contributed by atoms with E-state index in [0.29, 0.717) is 25.0 Å². The van der Waals surface area contributed by atoms with Crippen LogP contribution in [0.15, 0.2) is 4.52 Å². The Bertz CT molecular complexity index is 486. The minimum atomic E-state index is -0.335. The van der Waals surface area contributed by atoms with Gasteiger partial charge in [-0.25, -0.2) is 4.79 Å². The van der Waals surface area contributed by atoms with Crippen molar-refractivity contribution in [1.29, 1.82) is 0 Å². The lowest BCUT2D eigenvalue weighted by atomic mass is 10.1. The molecule has 0 unspecified atom stereocenters. The zero-order valence-electron chi connectivity index (χ0n) is 12.4. The summed E-state index contributed by atoms with van der Waals surface area (Å²) in [5.41, 5.74) is 0. The average Bonchev–Trinajstić information content (AvgIpc) is 3.20. The largest absolute Gasteiger partial charge is 0.450 e. The van der Waals surface area contributed by atoms with Gasteiger partial charge in [-0.3, -0.25) is 4.90 Å². The first-order valence-corrected chi connectivity index (χ1v) is 7.72. The molecule has 1 N–H and O–H groups in total. The lowest BCUT2D eigenvalue weighted by molar-refractivity contribution is 0.128. The van der Waals surface area contributed by atoms with Gasteiger partial charge in [0.25, 0.3) is 0 Å². The standard InChI is InChI=1S/C14H22N4O3/c1-2-20-14(19)15-11-4-3-7-18(8-11)9-12-16-13(17-21-12)10-5-6-10/h10-11H,2-9H2,1H3,(H,15,19)/t11-/m1/s1. The molecule has 0 radical (unpaired) electrons.